The molecule has 140 valence electrons. The van der Waals surface area contributed by atoms with Crippen LogP contribution in [-0.4, -0.2) is 32.3 Å². The molecule has 3 aromatic rings. The molecule has 0 saturated carbocycles. The van der Waals surface area contributed by atoms with E-state index in [1.165, 1.54) is 11.9 Å². The van der Waals surface area contributed by atoms with E-state index in [9.17, 15) is 0 Å². The fourth-order valence-electron chi connectivity index (χ4n) is 2.38. The van der Waals surface area contributed by atoms with Crippen LogP contribution >= 0.6 is 23.4 Å². The van der Waals surface area contributed by atoms with E-state index in [2.05, 4.69) is 25.3 Å². The zero-order valence-electron chi connectivity index (χ0n) is 14.9. The topological polar surface area (TPSA) is 72.8 Å². The normalized spacial score (nSPS) is 10.6. The Morgan fingerprint density at radius 1 is 1.11 bits per heavy atom. The molecule has 3 rings (SSSR count). The second-order valence-electron chi connectivity index (χ2n) is 5.71. The number of nitrogens with zero attached hydrogens (tertiary/aromatic N) is 4. The molecule has 0 radical (unpaired) electrons. The molecule has 8 heteroatoms. The van der Waals surface area contributed by atoms with E-state index < -0.39 is 0 Å². The van der Waals surface area contributed by atoms with Crippen molar-refractivity contribution < 1.29 is 4.74 Å². The summed E-state index contributed by atoms with van der Waals surface area (Å²) in [6, 6.07) is 5.96. The number of aromatic nitrogens is 4. The fourth-order valence-corrected chi connectivity index (χ4v) is 3.33. The molecule has 0 aliphatic heterocycles. The lowest BCUT2D eigenvalue weighted by molar-refractivity contribution is 0.340. The van der Waals surface area contributed by atoms with Gasteiger partial charge in [-0.05, 0) is 30.7 Å². The summed E-state index contributed by atoms with van der Waals surface area (Å²) in [6.07, 6.45) is 8.40. The van der Waals surface area contributed by atoms with E-state index in [4.69, 9.17) is 16.3 Å². The molecule has 27 heavy (non-hydrogen) atoms. The molecule has 0 aliphatic carbocycles. The second-order valence-corrected chi connectivity index (χ2v) is 7.22. The number of thioether (sulfide) groups is 1. The second kappa shape index (κ2) is 10.1. The summed E-state index contributed by atoms with van der Waals surface area (Å²) in [5.74, 6) is 3.30. The van der Waals surface area contributed by atoms with Crippen molar-refractivity contribution >= 4 is 29.2 Å². The van der Waals surface area contributed by atoms with Crippen LogP contribution in [0.25, 0.3) is 0 Å². The van der Waals surface area contributed by atoms with Crippen molar-refractivity contribution in [2.45, 2.75) is 19.2 Å². The number of ether oxygens (including phenoxy) is 1. The highest BCUT2D eigenvalue weighted by atomic mass is 35.5. The first kappa shape index (κ1) is 19.4. The monoisotopic (exact) mass is 401 g/mol. The minimum Gasteiger partial charge on any atom is -0.492 e. The third-order valence-corrected chi connectivity index (χ3v) is 5.12. The largest absolute Gasteiger partial charge is 0.492 e. The van der Waals surface area contributed by atoms with Crippen molar-refractivity contribution in [2.24, 2.45) is 0 Å². The number of rotatable bonds is 9. The lowest BCUT2D eigenvalue weighted by Crippen LogP contribution is -2.08. The Kier molecular flexibility index (Phi) is 7.24. The maximum atomic E-state index is 6.07. The Bertz CT molecular complexity index is 866. The van der Waals surface area contributed by atoms with Crippen LogP contribution in [0.5, 0.6) is 5.75 Å². The van der Waals surface area contributed by atoms with Gasteiger partial charge in [0.15, 0.2) is 0 Å². The van der Waals surface area contributed by atoms with Crippen LogP contribution in [0.3, 0.4) is 0 Å². The van der Waals surface area contributed by atoms with Crippen LogP contribution in [0.1, 0.15) is 16.8 Å². The highest BCUT2D eigenvalue weighted by molar-refractivity contribution is 7.98. The van der Waals surface area contributed by atoms with Gasteiger partial charge in [-0.3, -0.25) is 9.97 Å². The van der Waals surface area contributed by atoms with Crippen molar-refractivity contribution in [3.8, 4) is 5.75 Å². The SMILES string of the molecule is Cc1c(OCCSCc2ccncc2)ccnc1CNc1ncncc1Cl. The maximum Gasteiger partial charge on any atom is 0.148 e. The summed E-state index contributed by atoms with van der Waals surface area (Å²) in [5, 5.41) is 3.66. The zero-order valence-corrected chi connectivity index (χ0v) is 16.5. The van der Waals surface area contributed by atoms with Gasteiger partial charge < -0.3 is 10.1 Å². The van der Waals surface area contributed by atoms with E-state index in [0.717, 1.165) is 28.5 Å². The lowest BCUT2D eigenvalue weighted by atomic mass is 10.2. The van der Waals surface area contributed by atoms with Crippen molar-refractivity contribution in [2.75, 3.05) is 17.7 Å². The van der Waals surface area contributed by atoms with Crippen molar-refractivity contribution in [3.05, 3.63) is 71.2 Å². The van der Waals surface area contributed by atoms with E-state index in [-0.39, 0.29) is 0 Å². The molecule has 0 amide bonds. The molecule has 0 spiro atoms. The van der Waals surface area contributed by atoms with Gasteiger partial charge in [-0.2, -0.15) is 11.8 Å². The summed E-state index contributed by atoms with van der Waals surface area (Å²) in [5.41, 5.74) is 3.17. The number of pyridine rings is 2. The van der Waals surface area contributed by atoms with Crippen molar-refractivity contribution in [1.29, 1.82) is 0 Å². The Balaban J connectivity index is 1.48. The van der Waals surface area contributed by atoms with Gasteiger partial charge in [0, 0.05) is 35.7 Å². The highest BCUT2D eigenvalue weighted by Gasteiger charge is 2.08. The van der Waals surface area contributed by atoms with Gasteiger partial charge in [-0.25, -0.2) is 9.97 Å². The molecule has 3 aromatic heterocycles. The molecule has 1 N–H and O–H groups in total. The molecule has 0 atom stereocenters. The smallest absolute Gasteiger partial charge is 0.148 e. The van der Waals surface area contributed by atoms with Crippen LogP contribution in [-0.2, 0) is 12.3 Å². The molecule has 0 saturated heterocycles. The predicted octanol–water partition coefficient (Wildman–Crippen LogP) is 4.15. The summed E-state index contributed by atoms with van der Waals surface area (Å²) in [7, 11) is 0. The average molecular weight is 402 g/mol. The molecule has 0 aliphatic rings. The molecule has 0 unspecified atom stereocenters. The first-order valence-corrected chi connectivity index (χ1v) is 10.0. The maximum absolute atomic E-state index is 6.07. The van der Waals surface area contributed by atoms with Crippen LogP contribution in [0.2, 0.25) is 5.02 Å². The van der Waals surface area contributed by atoms with Gasteiger partial charge in [-0.1, -0.05) is 11.6 Å². The third kappa shape index (κ3) is 5.80. The molecule has 3 heterocycles. The van der Waals surface area contributed by atoms with Gasteiger partial charge in [0.2, 0.25) is 0 Å². The highest BCUT2D eigenvalue weighted by Crippen LogP contribution is 2.22. The molecular weight excluding hydrogens is 382 g/mol. The number of hydrogen-bond acceptors (Lipinski definition) is 7. The summed E-state index contributed by atoms with van der Waals surface area (Å²) < 4.78 is 5.94. The quantitative estimate of drug-likeness (QED) is 0.540. The van der Waals surface area contributed by atoms with Crippen LogP contribution in [0.15, 0.2) is 49.3 Å². The van der Waals surface area contributed by atoms with E-state index in [1.54, 1.807) is 12.4 Å². The molecule has 0 bridgehead atoms. The van der Waals surface area contributed by atoms with Crippen LogP contribution in [0.4, 0.5) is 5.82 Å². The van der Waals surface area contributed by atoms with E-state index in [0.29, 0.717) is 24.0 Å². The van der Waals surface area contributed by atoms with Crippen LogP contribution < -0.4 is 10.1 Å². The van der Waals surface area contributed by atoms with Gasteiger partial charge in [-0.15, -0.1) is 0 Å². The van der Waals surface area contributed by atoms with Crippen molar-refractivity contribution in [3.63, 3.8) is 0 Å². The summed E-state index contributed by atoms with van der Waals surface area (Å²) in [6.45, 7) is 3.16. The number of halogens is 1. The standard InChI is InChI=1S/C19H20ClN5OS/c1-14-17(11-24-19-16(20)10-22-13-25-19)23-7-4-18(14)26-8-9-27-12-15-2-5-21-6-3-15/h2-7,10,13H,8-9,11-12H2,1H3,(H,22,24,25). The zero-order chi connectivity index (χ0) is 18.9. The minimum absolute atomic E-state index is 0.480. The molecule has 0 aromatic carbocycles. The molecule has 0 fully saturated rings. The van der Waals surface area contributed by atoms with E-state index in [1.807, 2.05) is 49.3 Å². The number of nitrogens with one attached hydrogen (secondary N) is 1. The number of anilines is 1. The molecule has 6 nitrogen and oxygen atoms in total. The third-order valence-electron chi connectivity index (χ3n) is 3.85. The first-order chi connectivity index (χ1) is 13.2. The van der Waals surface area contributed by atoms with Crippen LogP contribution in [0, 0.1) is 6.92 Å². The molecular formula is C19H20ClN5OS. The Morgan fingerprint density at radius 3 is 2.78 bits per heavy atom. The lowest BCUT2D eigenvalue weighted by Gasteiger charge is -2.13. The average Bonchev–Trinajstić information content (AvgIpc) is 2.70. The predicted molar refractivity (Wildman–Crippen MR) is 109 cm³/mol. The van der Waals surface area contributed by atoms with Gasteiger partial charge in [0.1, 0.15) is 22.9 Å². The summed E-state index contributed by atoms with van der Waals surface area (Å²) in [4.78, 5) is 16.5. The Labute approximate surface area is 167 Å². The van der Waals surface area contributed by atoms with Gasteiger partial charge in [0.05, 0.1) is 25.0 Å². The first-order valence-electron chi connectivity index (χ1n) is 8.47. The van der Waals surface area contributed by atoms with Gasteiger partial charge >= 0.3 is 0 Å². The summed E-state index contributed by atoms with van der Waals surface area (Å²) >= 11 is 7.90. The Morgan fingerprint density at radius 2 is 1.96 bits per heavy atom. The minimum atomic E-state index is 0.480. The van der Waals surface area contributed by atoms with Gasteiger partial charge in [0.25, 0.3) is 0 Å². The fraction of sp³-hybridized carbons (Fsp3) is 0.263. The van der Waals surface area contributed by atoms with Crippen molar-refractivity contribution in [1.82, 2.24) is 19.9 Å². The Hall–Kier alpha value is -2.38. The van der Waals surface area contributed by atoms with E-state index >= 15 is 0 Å². The number of hydrogen-bond donors (Lipinski definition) is 1.